The smallest absolute Gasteiger partial charge is 0.252 e. The molecule has 20 heavy (non-hydrogen) atoms. The van der Waals surface area contributed by atoms with Crippen LogP contribution in [0.3, 0.4) is 0 Å². The summed E-state index contributed by atoms with van der Waals surface area (Å²) in [6.45, 7) is 6.49. The van der Waals surface area contributed by atoms with Crippen molar-refractivity contribution in [2.75, 3.05) is 6.54 Å². The Balaban J connectivity index is 2.00. The Labute approximate surface area is 123 Å². The summed E-state index contributed by atoms with van der Waals surface area (Å²) in [4.78, 5) is 12.1. The van der Waals surface area contributed by atoms with Crippen molar-refractivity contribution in [2.45, 2.75) is 26.8 Å². The van der Waals surface area contributed by atoms with Gasteiger partial charge in [-0.15, -0.1) is 0 Å². The van der Waals surface area contributed by atoms with Gasteiger partial charge in [0.1, 0.15) is 0 Å². The summed E-state index contributed by atoms with van der Waals surface area (Å²) >= 11 is 6.00. The van der Waals surface area contributed by atoms with Gasteiger partial charge in [-0.1, -0.05) is 23.7 Å². The molecule has 2 aromatic rings. The molecule has 4 nitrogen and oxygen atoms in total. The molecule has 1 N–H and O–H groups in total. The van der Waals surface area contributed by atoms with Gasteiger partial charge in [-0.25, -0.2) is 0 Å². The minimum atomic E-state index is -0.163. The first-order chi connectivity index (χ1) is 9.49. The van der Waals surface area contributed by atoms with Crippen LogP contribution >= 0.6 is 11.6 Å². The molecule has 0 fully saturated rings. The van der Waals surface area contributed by atoms with E-state index in [4.69, 9.17) is 11.6 Å². The summed E-state index contributed by atoms with van der Waals surface area (Å²) in [6, 6.07) is 9.14. The highest BCUT2D eigenvalue weighted by molar-refractivity contribution is 6.33. The van der Waals surface area contributed by atoms with Crippen LogP contribution in [-0.2, 0) is 0 Å². The van der Waals surface area contributed by atoms with Crippen molar-refractivity contribution in [2.24, 2.45) is 0 Å². The number of aryl methyl sites for hydroxylation is 2. The molecule has 0 saturated carbocycles. The molecule has 1 aromatic heterocycles. The molecule has 0 radical (unpaired) electrons. The number of halogens is 1. The standard InChI is InChI=1S/C15H18ClN3O/c1-10-8-11(2)19(18-10)12(3)9-17-15(20)13-6-4-5-7-14(13)16/h4-8,12H,9H2,1-3H3,(H,17,20). The van der Waals surface area contributed by atoms with E-state index in [0.717, 1.165) is 11.4 Å². The van der Waals surface area contributed by atoms with E-state index in [1.807, 2.05) is 31.5 Å². The number of aromatic nitrogens is 2. The van der Waals surface area contributed by atoms with E-state index in [1.54, 1.807) is 24.3 Å². The average Bonchev–Trinajstić information content (AvgIpc) is 2.75. The third-order valence-corrected chi connectivity index (χ3v) is 3.47. The monoisotopic (exact) mass is 291 g/mol. The first kappa shape index (κ1) is 14.6. The van der Waals surface area contributed by atoms with Crippen molar-refractivity contribution in [3.8, 4) is 0 Å². The molecule has 0 aliphatic carbocycles. The number of benzene rings is 1. The van der Waals surface area contributed by atoms with E-state index >= 15 is 0 Å². The van der Waals surface area contributed by atoms with E-state index in [0.29, 0.717) is 17.1 Å². The highest BCUT2D eigenvalue weighted by Crippen LogP contribution is 2.15. The number of nitrogens with one attached hydrogen (secondary N) is 1. The second-order valence-corrected chi connectivity index (χ2v) is 5.32. The fourth-order valence-corrected chi connectivity index (χ4v) is 2.38. The molecule has 2 rings (SSSR count). The Kier molecular flexibility index (Phi) is 4.45. The summed E-state index contributed by atoms with van der Waals surface area (Å²) in [6.07, 6.45) is 0. The van der Waals surface area contributed by atoms with Crippen LogP contribution in [0.2, 0.25) is 5.02 Å². The lowest BCUT2D eigenvalue weighted by Gasteiger charge is -2.15. The summed E-state index contributed by atoms with van der Waals surface area (Å²) in [5.41, 5.74) is 2.56. The van der Waals surface area contributed by atoms with Gasteiger partial charge in [-0.05, 0) is 39.0 Å². The SMILES string of the molecule is Cc1cc(C)n(C(C)CNC(=O)c2ccccc2Cl)n1. The topological polar surface area (TPSA) is 46.9 Å². The highest BCUT2D eigenvalue weighted by Gasteiger charge is 2.13. The van der Waals surface area contributed by atoms with Gasteiger partial charge in [0.25, 0.3) is 5.91 Å². The van der Waals surface area contributed by atoms with Crippen LogP contribution in [0.15, 0.2) is 30.3 Å². The molecule has 0 saturated heterocycles. The number of hydrogen-bond donors (Lipinski definition) is 1. The van der Waals surface area contributed by atoms with Gasteiger partial charge in [0.05, 0.1) is 22.3 Å². The van der Waals surface area contributed by atoms with Crippen LogP contribution in [0, 0.1) is 13.8 Å². The molecule has 1 heterocycles. The van der Waals surface area contributed by atoms with Crippen molar-refractivity contribution in [1.29, 1.82) is 0 Å². The van der Waals surface area contributed by atoms with Gasteiger partial charge in [-0.2, -0.15) is 5.10 Å². The summed E-state index contributed by atoms with van der Waals surface area (Å²) in [7, 11) is 0. The van der Waals surface area contributed by atoms with E-state index in [-0.39, 0.29) is 11.9 Å². The number of carbonyl (C=O) groups is 1. The Morgan fingerprint density at radius 3 is 2.70 bits per heavy atom. The number of carbonyl (C=O) groups excluding carboxylic acids is 1. The summed E-state index contributed by atoms with van der Waals surface area (Å²) in [5, 5.41) is 7.77. The van der Waals surface area contributed by atoms with Crippen LogP contribution in [0.4, 0.5) is 0 Å². The van der Waals surface area contributed by atoms with Gasteiger partial charge in [-0.3, -0.25) is 9.48 Å². The second kappa shape index (κ2) is 6.09. The number of amides is 1. The van der Waals surface area contributed by atoms with Crippen LogP contribution < -0.4 is 5.32 Å². The number of nitrogens with zero attached hydrogens (tertiary/aromatic N) is 2. The molecule has 0 aliphatic heterocycles. The number of hydrogen-bond acceptors (Lipinski definition) is 2. The van der Waals surface area contributed by atoms with Crippen LogP contribution in [0.5, 0.6) is 0 Å². The summed E-state index contributed by atoms with van der Waals surface area (Å²) < 4.78 is 1.92. The Bertz CT molecular complexity index is 621. The van der Waals surface area contributed by atoms with Crippen LogP contribution in [0.1, 0.15) is 34.7 Å². The molecule has 0 aliphatic rings. The molecule has 1 unspecified atom stereocenters. The van der Waals surface area contributed by atoms with Crippen LogP contribution in [0.25, 0.3) is 0 Å². The zero-order valence-corrected chi connectivity index (χ0v) is 12.6. The zero-order valence-electron chi connectivity index (χ0n) is 11.9. The quantitative estimate of drug-likeness (QED) is 0.941. The van der Waals surface area contributed by atoms with Crippen molar-refractivity contribution < 1.29 is 4.79 Å². The van der Waals surface area contributed by atoms with E-state index in [1.165, 1.54) is 0 Å². The predicted octanol–water partition coefficient (Wildman–Crippen LogP) is 3.14. The molecule has 0 bridgehead atoms. The second-order valence-electron chi connectivity index (χ2n) is 4.91. The van der Waals surface area contributed by atoms with Crippen molar-refractivity contribution >= 4 is 17.5 Å². The first-order valence-electron chi connectivity index (χ1n) is 6.54. The Hall–Kier alpha value is -1.81. The third kappa shape index (κ3) is 3.20. The van der Waals surface area contributed by atoms with Crippen molar-refractivity contribution in [3.63, 3.8) is 0 Å². The molecule has 1 atom stereocenters. The maximum absolute atomic E-state index is 12.1. The molecule has 1 amide bonds. The van der Waals surface area contributed by atoms with Gasteiger partial charge in [0.2, 0.25) is 0 Å². The lowest BCUT2D eigenvalue weighted by Crippen LogP contribution is -2.30. The molecule has 1 aromatic carbocycles. The molecule has 0 spiro atoms. The Morgan fingerprint density at radius 2 is 2.10 bits per heavy atom. The fourth-order valence-electron chi connectivity index (χ4n) is 2.16. The predicted molar refractivity (Wildman–Crippen MR) is 80.2 cm³/mol. The molecular weight excluding hydrogens is 274 g/mol. The average molecular weight is 292 g/mol. The van der Waals surface area contributed by atoms with E-state index in [2.05, 4.69) is 10.4 Å². The molecule has 106 valence electrons. The Morgan fingerprint density at radius 1 is 1.40 bits per heavy atom. The molecule has 5 heteroatoms. The fraction of sp³-hybridized carbons (Fsp3) is 0.333. The van der Waals surface area contributed by atoms with Gasteiger partial charge < -0.3 is 5.32 Å². The highest BCUT2D eigenvalue weighted by atomic mass is 35.5. The maximum Gasteiger partial charge on any atom is 0.252 e. The van der Waals surface area contributed by atoms with Crippen LogP contribution in [-0.4, -0.2) is 22.2 Å². The normalized spacial score (nSPS) is 12.2. The largest absolute Gasteiger partial charge is 0.350 e. The van der Waals surface area contributed by atoms with E-state index < -0.39 is 0 Å². The lowest BCUT2D eigenvalue weighted by atomic mass is 10.2. The van der Waals surface area contributed by atoms with Gasteiger partial charge in [0, 0.05) is 12.2 Å². The maximum atomic E-state index is 12.1. The minimum Gasteiger partial charge on any atom is -0.350 e. The van der Waals surface area contributed by atoms with Crippen molar-refractivity contribution in [1.82, 2.24) is 15.1 Å². The lowest BCUT2D eigenvalue weighted by molar-refractivity contribution is 0.0948. The van der Waals surface area contributed by atoms with E-state index in [9.17, 15) is 4.79 Å². The van der Waals surface area contributed by atoms with Gasteiger partial charge >= 0.3 is 0 Å². The van der Waals surface area contributed by atoms with Gasteiger partial charge in [0.15, 0.2) is 0 Å². The number of rotatable bonds is 4. The minimum absolute atomic E-state index is 0.0927. The third-order valence-electron chi connectivity index (χ3n) is 3.14. The zero-order chi connectivity index (χ0) is 14.7. The molecular formula is C15H18ClN3O. The van der Waals surface area contributed by atoms with Crippen molar-refractivity contribution in [3.05, 3.63) is 52.3 Å². The summed E-state index contributed by atoms with van der Waals surface area (Å²) in [5.74, 6) is -0.163. The first-order valence-corrected chi connectivity index (χ1v) is 6.92.